The number of thioether (sulfide) groups is 1. The van der Waals surface area contributed by atoms with Gasteiger partial charge in [0.05, 0.1) is 11.7 Å². The Hall–Kier alpha value is -0.270. The highest BCUT2D eigenvalue weighted by molar-refractivity contribution is 7.99. The first-order valence-electron chi connectivity index (χ1n) is 9.90. The topological polar surface area (TPSA) is 66.5 Å². The monoisotopic (exact) mass is 390 g/mol. The van der Waals surface area contributed by atoms with Crippen LogP contribution >= 0.6 is 11.8 Å². The van der Waals surface area contributed by atoms with Gasteiger partial charge in [0.15, 0.2) is 0 Å². The van der Waals surface area contributed by atoms with Crippen molar-refractivity contribution in [3.05, 3.63) is 0 Å². The fourth-order valence-corrected chi connectivity index (χ4v) is 6.61. The first-order valence-corrected chi connectivity index (χ1v) is 12.6. The van der Waals surface area contributed by atoms with Gasteiger partial charge in [-0.25, -0.2) is 12.7 Å². The second-order valence-electron chi connectivity index (χ2n) is 7.29. The Labute approximate surface area is 157 Å². The molecule has 2 aliphatic rings. The molecule has 146 valence electrons. The van der Waals surface area contributed by atoms with Crippen molar-refractivity contribution in [1.29, 1.82) is 0 Å². The zero-order valence-electron chi connectivity index (χ0n) is 15.5. The van der Waals surface area contributed by atoms with Gasteiger partial charge in [-0.05, 0) is 44.3 Å². The lowest BCUT2D eigenvalue weighted by Crippen LogP contribution is -2.46. The van der Waals surface area contributed by atoms with Crippen LogP contribution in [0.15, 0.2) is 0 Å². The second kappa shape index (κ2) is 10.8. The average molecular weight is 391 g/mol. The molecule has 0 radical (unpaired) electrons. The molecule has 1 aliphatic heterocycles. The van der Waals surface area contributed by atoms with Crippen molar-refractivity contribution in [3.63, 3.8) is 0 Å². The van der Waals surface area contributed by atoms with E-state index in [0.29, 0.717) is 26.1 Å². The van der Waals surface area contributed by atoms with Gasteiger partial charge in [0.2, 0.25) is 15.9 Å². The largest absolute Gasteiger partial charge is 0.356 e. The molecule has 2 rings (SSSR count). The van der Waals surface area contributed by atoms with Crippen LogP contribution < -0.4 is 5.32 Å². The summed E-state index contributed by atoms with van der Waals surface area (Å²) in [7, 11) is -3.19. The van der Waals surface area contributed by atoms with E-state index < -0.39 is 10.0 Å². The van der Waals surface area contributed by atoms with Gasteiger partial charge in [-0.15, -0.1) is 0 Å². The SMILES string of the molecule is CCCS(=O)(=O)N1CCC[C@@H](C(=O)NCCCSC2CCCCC2)C1. The van der Waals surface area contributed by atoms with Gasteiger partial charge in [0, 0.05) is 24.9 Å². The highest BCUT2D eigenvalue weighted by Crippen LogP contribution is 2.28. The normalized spacial score (nSPS) is 23.5. The number of piperidine rings is 1. The highest BCUT2D eigenvalue weighted by atomic mass is 32.2. The predicted octanol–water partition coefficient (Wildman–Crippen LogP) is 3.01. The first-order chi connectivity index (χ1) is 12.0. The van der Waals surface area contributed by atoms with Gasteiger partial charge < -0.3 is 5.32 Å². The summed E-state index contributed by atoms with van der Waals surface area (Å²) in [6.45, 7) is 3.49. The smallest absolute Gasteiger partial charge is 0.224 e. The van der Waals surface area contributed by atoms with Gasteiger partial charge in [0.25, 0.3) is 0 Å². The molecule has 1 amide bonds. The molecule has 1 atom stereocenters. The quantitative estimate of drug-likeness (QED) is 0.615. The molecule has 0 spiro atoms. The maximum absolute atomic E-state index is 12.4. The molecule has 0 bridgehead atoms. The zero-order chi connectivity index (χ0) is 18.1. The van der Waals surface area contributed by atoms with E-state index in [-0.39, 0.29) is 17.6 Å². The lowest BCUT2D eigenvalue weighted by Gasteiger charge is -2.31. The number of nitrogens with zero attached hydrogens (tertiary/aromatic N) is 1. The maximum atomic E-state index is 12.4. The number of hydrogen-bond donors (Lipinski definition) is 1. The summed E-state index contributed by atoms with van der Waals surface area (Å²) >= 11 is 2.05. The molecular weight excluding hydrogens is 356 g/mol. The third-order valence-corrected chi connectivity index (χ3v) is 8.65. The second-order valence-corrected chi connectivity index (χ2v) is 10.8. The number of hydrogen-bond acceptors (Lipinski definition) is 4. The third kappa shape index (κ3) is 7.10. The molecule has 1 saturated carbocycles. The standard InChI is InChI=1S/C18H34N2O3S2/c1-2-14-25(22,23)20-12-6-8-16(15-20)18(21)19-11-7-13-24-17-9-4-3-5-10-17/h16-17H,2-15H2,1H3,(H,19,21)/t16-/m1/s1. The van der Waals surface area contributed by atoms with Gasteiger partial charge >= 0.3 is 0 Å². The first kappa shape index (κ1) is 21.0. The summed E-state index contributed by atoms with van der Waals surface area (Å²) in [5, 5.41) is 3.84. The van der Waals surface area contributed by atoms with Crippen molar-refractivity contribution in [2.75, 3.05) is 31.1 Å². The number of carbonyl (C=O) groups excluding carboxylic acids is 1. The highest BCUT2D eigenvalue weighted by Gasteiger charge is 2.31. The summed E-state index contributed by atoms with van der Waals surface area (Å²) in [5.74, 6) is 1.12. The summed E-state index contributed by atoms with van der Waals surface area (Å²) < 4.78 is 25.9. The van der Waals surface area contributed by atoms with E-state index >= 15 is 0 Å². The van der Waals surface area contributed by atoms with E-state index in [9.17, 15) is 13.2 Å². The van der Waals surface area contributed by atoms with E-state index in [1.807, 2.05) is 6.92 Å². The summed E-state index contributed by atoms with van der Waals surface area (Å²) in [6, 6.07) is 0. The van der Waals surface area contributed by atoms with Gasteiger partial charge in [0.1, 0.15) is 0 Å². The van der Waals surface area contributed by atoms with Crippen LogP contribution in [0.3, 0.4) is 0 Å². The third-order valence-electron chi connectivity index (χ3n) is 5.14. The molecular formula is C18H34N2O3S2. The van der Waals surface area contributed by atoms with E-state index in [1.54, 1.807) is 0 Å². The Kier molecular flexibility index (Phi) is 9.07. The summed E-state index contributed by atoms with van der Waals surface area (Å²) in [4.78, 5) is 12.4. The Bertz CT molecular complexity index is 504. The van der Waals surface area contributed by atoms with Crippen LogP contribution in [0.1, 0.15) is 64.7 Å². The van der Waals surface area contributed by atoms with Crippen molar-refractivity contribution >= 4 is 27.7 Å². The molecule has 0 aromatic heterocycles. The Balaban J connectivity index is 1.64. The molecule has 1 aliphatic carbocycles. The Morgan fingerprint density at radius 3 is 2.64 bits per heavy atom. The molecule has 25 heavy (non-hydrogen) atoms. The molecule has 0 aromatic carbocycles. The average Bonchev–Trinajstić information content (AvgIpc) is 2.62. The molecule has 2 fully saturated rings. The number of carbonyl (C=O) groups is 1. The predicted molar refractivity (Wildman–Crippen MR) is 105 cm³/mol. The number of nitrogens with one attached hydrogen (secondary N) is 1. The number of rotatable bonds is 9. The van der Waals surface area contributed by atoms with Gasteiger partial charge in [-0.3, -0.25) is 4.79 Å². The molecule has 1 saturated heterocycles. The van der Waals surface area contributed by atoms with Crippen molar-refractivity contribution in [2.45, 2.75) is 70.0 Å². The minimum Gasteiger partial charge on any atom is -0.356 e. The van der Waals surface area contributed by atoms with Crippen LogP contribution in [-0.4, -0.2) is 55.0 Å². The summed E-state index contributed by atoms with van der Waals surface area (Å²) in [6.07, 6.45) is 10.0. The van der Waals surface area contributed by atoms with Crippen molar-refractivity contribution in [3.8, 4) is 0 Å². The maximum Gasteiger partial charge on any atom is 0.224 e. The van der Waals surface area contributed by atoms with Gasteiger partial charge in [-0.2, -0.15) is 11.8 Å². The zero-order valence-corrected chi connectivity index (χ0v) is 17.2. The molecule has 7 heteroatoms. The number of sulfonamides is 1. The van der Waals surface area contributed by atoms with Crippen molar-refractivity contribution in [2.24, 2.45) is 5.92 Å². The fraction of sp³-hybridized carbons (Fsp3) is 0.944. The molecule has 0 aromatic rings. The Morgan fingerprint density at radius 2 is 1.92 bits per heavy atom. The van der Waals surface area contributed by atoms with Gasteiger partial charge in [-0.1, -0.05) is 26.2 Å². The van der Waals surface area contributed by atoms with Crippen LogP contribution in [0.2, 0.25) is 0 Å². The van der Waals surface area contributed by atoms with Crippen LogP contribution in [0.5, 0.6) is 0 Å². The van der Waals surface area contributed by atoms with Crippen molar-refractivity contribution in [1.82, 2.24) is 9.62 Å². The summed E-state index contributed by atoms with van der Waals surface area (Å²) in [5.41, 5.74) is 0. The minimum absolute atomic E-state index is 0.0269. The molecule has 1 heterocycles. The molecule has 5 nitrogen and oxygen atoms in total. The lowest BCUT2D eigenvalue weighted by atomic mass is 9.99. The van der Waals surface area contributed by atoms with Crippen LogP contribution in [0, 0.1) is 5.92 Å². The van der Waals surface area contributed by atoms with Crippen LogP contribution in [-0.2, 0) is 14.8 Å². The van der Waals surface area contributed by atoms with E-state index in [1.165, 1.54) is 36.4 Å². The van der Waals surface area contributed by atoms with Crippen LogP contribution in [0.25, 0.3) is 0 Å². The minimum atomic E-state index is -3.19. The van der Waals surface area contributed by atoms with E-state index in [4.69, 9.17) is 0 Å². The fourth-order valence-electron chi connectivity index (χ4n) is 3.71. The molecule has 1 N–H and O–H groups in total. The van der Waals surface area contributed by atoms with E-state index in [2.05, 4.69) is 17.1 Å². The van der Waals surface area contributed by atoms with E-state index in [0.717, 1.165) is 30.3 Å². The lowest BCUT2D eigenvalue weighted by molar-refractivity contribution is -0.126. The molecule has 0 unspecified atom stereocenters. The number of amides is 1. The van der Waals surface area contributed by atoms with Crippen molar-refractivity contribution < 1.29 is 13.2 Å². The Morgan fingerprint density at radius 1 is 1.16 bits per heavy atom. The van der Waals surface area contributed by atoms with Crippen LogP contribution in [0.4, 0.5) is 0 Å².